The summed E-state index contributed by atoms with van der Waals surface area (Å²) in [7, 11) is 0. The van der Waals surface area contributed by atoms with E-state index in [1.165, 1.54) is 36.8 Å². The van der Waals surface area contributed by atoms with Crippen LogP contribution in [0.2, 0.25) is 0 Å². The maximum absolute atomic E-state index is 5.43. The molecule has 0 aliphatic carbocycles. The molecule has 1 unspecified atom stereocenters. The molecule has 2 aliphatic heterocycles. The molecule has 0 bridgehead atoms. The van der Waals surface area contributed by atoms with Crippen LogP contribution in [0.5, 0.6) is 0 Å². The number of hydrogen-bond acceptors (Lipinski definition) is 2. The molecule has 3 rings (SSSR count). The van der Waals surface area contributed by atoms with Gasteiger partial charge in [-0.2, -0.15) is 0 Å². The van der Waals surface area contributed by atoms with E-state index in [0.29, 0.717) is 5.92 Å². The van der Waals surface area contributed by atoms with Crippen LogP contribution in [-0.2, 0) is 10.3 Å². The van der Waals surface area contributed by atoms with Crippen LogP contribution in [0.3, 0.4) is 0 Å². The minimum Gasteiger partial charge on any atom is -0.381 e. The van der Waals surface area contributed by atoms with Crippen LogP contribution < -0.4 is 5.32 Å². The standard InChI is InChI=1S/C16H23NO/c1-16(9-2-10-17-16)15-5-3-13(4-6-15)14-7-11-18-12-8-14/h3-6,14,17H,2,7-12H2,1H3. The molecule has 2 heteroatoms. The fraction of sp³-hybridized carbons (Fsp3) is 0.625. The van der Waals surface area contributed by atoms with Gasteiger partial charge < -0.3 is 10.1 Å². The third-order valence-corrected chi connectivity index (χ3v) is 4.61. The Hall–Kier alpha value is -0.860. The lowest BCUT2D eigenvalue weighted by Crippen LogP contribution is -2.33. The number of rotatable bonds is 2. The highest BCUT2D eigenvalue weighted by atomic mass is 16.5. The lowest BCUT2D eigenvalue weighted by atomic mass is 9.86. The number of ether oxygens (including phenoxy) is 1. The van der Waals surface area contributed by atoms with Crippen molar-refractivity contribution < 1.29 is 4.74 Å². The Labute approximate surface area is 110 Å². The van der Waals surface area contributed by atoms with Crippen LogP contribution in [0.4, 0.5) is 0 Å². The molecule has 2 fully saturated rings. The lowest BCUT2D eigenvalue weighted by Gasteiger charge is -2.27. The van der Waals surface area contributed by atoms with Crippen molar-refractivity contribution in [2.45, 2.75) is 44.1 Å². The number of benzene rings is 1. The second-order valence-electron chi connectivity index (χ2n) is 5.87. The van der Waals surface area contributed by atoms with Crippen molar-refractivity contribution in [3.63, 3.8) is 0 Å². The minimum absolute atomic E-state index is 0.203. The SMILES string of the molecule is CC1(c2ccc(C3CCOCC3)cc2)CCCN1. The van der Waals surface area contributed by atoms with Gasteiger partial charge in [-0.05, 0) is 56.2 Å². The van der Waals surface area contributed by atoms with E-state index in [1.54, 1.807) is 0 Å². The predicted molar refractivity (Wildman–Crippen MR) is 73.8 cm³/mol. The zero-order chi connectivity index (χ0) is 12.4. The normalized spacial score (nSPS) is 29.6. The third kappa shape index (κ3) is 2.32. The summed E-state index contributed by atoms with van der Waals surface area (Å²) < 4.78 is 5.43. The van der Waals surface area contributed by atoms with Crippen LogP contribution in [-0.4, -0.2) is 19.8 Å². The monoisotopic (exact) mass is 245 g/mol. The molecule has 18 heavy (non-hydrogen) atoms. The van der Waals surface area contributed by atoms with Gasteiger partial charge in [0.05, 0.1) is 0 Å². The average molecular weight is 245 g/mol. The highest BCUT2D eigenvalue weighted by Crippen LogP contribution is 2.32. The van der Waals surface area contributed by atoms with Crippen LogP contribution in [0.15, 0.2) is 24.3 Å². The van der Waals surface area contributed by atoms with Gasteiger partial charge in [-0.15, -0.1) is 0 Å². The molecule has 0 amide bonds. The fourth-order valence-corrected chi connectivity index (χ4v) is 3.30. The van der Waals surface area contributed by atoms with Crippen molar-refractivity contribution in [1.29, 1.82) is 0 Å². The smallest absolute Gasteiger partial charge is 0.0471 e. The van der Waals surface area contributed by atoms with E-state index in [1.807, 2.05) is 0 Å². The summed E-state index contributed by atoms with van der Waals surface area (Å²) in [5, 5.41) is 3.63. The van der Waals surface area contributed by atoms with E-state index < -0.39 is 0 Å². The molecule has 1 aromatic rings. The number of nitrogens with one attached hydrogen (secondary N) is 1. The average Bonchev–Trinajstić information content (AvgIpc) is 2.88. The van der Waals surface area contributed by atoms with E-state index in [0.717, 1.165) is 19.8 Å². The topological polar surface area (TPSA) is 21.3 Å². The summed E-state index contributed by atoms with van der Waals surface area (Å²) in [5.41, 5.74) is 3.13. The van der Waals surface area contributed by atoms with E-state index in [2.05, 4.69) is 36.5 Å². The van der Waals surface area contributed by atoms with Gasteiger partial charge in [0.1, 0.15) is 0 Å². The summed E-state index contributed by atoms with van der Waals surface area (Å²) in [6.07, 6.45) is 4.89. The first-order valence-corrected chi connectivity index (χ1v) is 7.21. The molecule has 2 aliphatic rings. The summed E-state index contributed by atoms with van der Waals surface area (Å²) in [5.74, 6) is 0.706. The maximum Gasteiger partial charge on any atom is 0.0471 e. The molecule has 0 aromatic heterocycles. The van der Waals surface area contributed by atoms with Gasteiger partial charge in [0.15, 0.2) is 0 Å². The van der Waals surface area contributed by atoms with E-state index in [-0.39, 0.29) is 5.54 Å². The van der Waals surface area contributed by atoms with Gasteiger partial charge in [0, 0.05) is 18.8 Å². The molecular weight excluding hydrogens is 222 g/mol. The van der Waals surface area contributed by atoms with Gasteiger partial charge in [0.2, 0.25) is 0 Å². The van der Waals surface area contributed by atoms with Crippen molar-refractivity contribution in [2.75, 3.05) is 19.8 Å². The Morgan fingerprint density at radius 2 is 1.89 bits per heavy atom. The van der Waals surface area contributed by atoms with Crippen molar-refractivity contribution in [3.05, 3.63) is 35.4 Å². The Morgan fingerprint density at radius 1 is 1.17 bits per heavy atom. The van der Waals surface area contributed by atoms with Crippen molar-refractivity contribution >= 4 is 0 Å². The Balaban J connectivity index is 1.76. The third-order valence-electron chi connectivity index (χ3n) is 4.61. The maximum atomic E-state index is 5.43. The molecule has 2 heterocycles. The largest absolute Gasteiger partial charge is 0.381 e. The van der Waals surface area contributed by atoms with Crippen molar-refractivity contribution in [3.8, 4) is 0 Å². The molecule has 1 aromatic carbocycles. The summed E-state index contributed by atoms with van der Waals surface area (Å²) in [6.45, 7) is 5.32. The highest BCUT2D eigenvalue weighted by molar-refractivity contribution is 5.30. The Morgan fingerprint density at radius 3 is 2.50 bits per heavy atom. The van der Waals surface area contributed by atoms with E-state index >= 15 is 0 Å². The molecule has 0 radical (unpaired) electrons. The van der Waals surface area contributed by atoms with Gasteiger partial charge in [-0.25, -0.2) is 0 Å². The predicted octanol–water partition coefficient (Wildman–Crippen LogP) is 3.18. The second kappa shape index (κ2) is 5.02. The van der Waals surface area contributed by atoms with Gasteiger partial charge in [-0.1, -0.05) is 24.3 Å². The van der Waals surface area contributed by atoms with Crippen LogP contribution in [0.1, 0.15) is 49.7 Å². The zero-order valence-corrected chi connectivity index (χ0v) is 11.2. The van der Waals surface area contributed by atoms with Crippen LogP contribution >= 0.6 is 0 Å². The number of hydrogen-bond donors (Lipinski definition) is 1. The molecule has 0 spiro atoms. The molecule has 1 atom stereocenters. The Kier molecular flexibility index (Phi) is 3.40. The second-order valence-corrected chi connectivity index (χ2v) is 5.87. The summed E-state index contributed by atoms with van der Waals surface area (Å²) >= 11 is 0. The van der Waals surface area contributed by atoms with Gasteiger partial charge in [-0.3, -0.25) is 0 Å². The first-order valence-electron chi connectivity index (χ1n) is 7.21. The molecule has 1 N–H and O–H groups in total. The molecule has 0 saturated carbocycles. The van der Waals surface area contributed by atoms with E-state index in [4.69, 9.17) is 4.74 Å². The minimum atomic E-state index is 0.203. The molecular formula is C16H23NO. The highest BCUT2D eigenvalue weighted by Gasteiger charge is 2.29. The zero-order valence-electron chi connectivity index (χ0n) is 11.2. The summed E-state index contributed by atoms with van der Waals surface area (Å²) in [6, 6.07) is 9.30. The fourth-order valence-electron chi connectivity index (χ4n) is 3.30. The van der Waals surface area contributed by atoms with Crippen molar-refractivity contribution in [1.82, 2.24) is 5.32 Å². The van der Waals surface area contributed by atoms with Gasteiger partial charge >= 0.3 is 0 Å². The van der Waals surface area contributed by atoms with Gasteiger partial charge in [0.25, 0.3) is 0 Å². The Bertz CT molecular complexity index is 386. The van der Waals surface area contributed by atoms with Crippen LogP contribution in [0.25, 0.3) is 0 Å². The lowest BCUT2D eigenvalue weighted by molar-refractivity contribution is 0.0853. The van der Waals surface area contributed by atoms with E-state index in [9.17, 15) is 0 Å². The summed E-state index contributed by atoms with van der Waals surface area (Å²) in [4.78, 5) is 0. The molecule has 2 saturated heterocycles. The quantitative estimate of drug-likeness (QED) is 0.864. The van der Waals surface area contributed by atoms with Crippen molar-refractivity contribution in [2.24, 2.45) is 0 Å². The molecule has 98 valence electrons. The first-order chi connectivity index (χ1) is 8.78. The van der Waals surface area contributed by atoms with Crippen LogP contribution in [0, 0.1) is 0 Å². The molecule has 2 nitrogen and oxygen atoms in total. The first kappa shape index (κ1) is 12.2.